The minimum absolute atomic E-state index is 0.000936. The van der Waals surface area contributed by atoms with Gasteiger partial charge in [-0.2, -0.15) is 0 Å². The molecule has 3 heterocycles. The molecule has 0 unspecified atom stereocenters. The van der Waals surface area contributed by atoms with Gasteiger partial charge in [-0.3, -0.25) is 14.7 Å². The number of ether oxygens (including phenoxy) is 2. The second-order valence-electron chi connectivity index (χ2n) is 8.00. The van der Waals surface area contributed by atoms with Crippen LogP contribution in [0.25, 0.3) is 0 Å². The number of aryl methyl sites for hydroxylation is 1. The summed E-state index contributed by atoms with van der Waals surface area (Å²) in [6.07, 6.45) is 0.762. The summed E-state index contributed by atoms with van der Waals surface area (Å²) in [7, 11) is 0. The standard InChI is InChI=1S/C21H28N4O3/c1-14(2)10-17-15(3)22-21(23-20(17)26)25-8-6-24(7-9-25)12-16-4-5-18-19(11-16)28-13-27-18/h4-5,11,14H,6-10,12-13H2,1-3H3,(H,22,23,26). The maximum Gasteiger partial charge on any atom is 0.255 e. The van der Waals surface area contributed by atoms with Crippen LogP contribution >= 0.6 is 0 Å². The molecule has 2 aliphatic rings. The molecule has 4 rings (SSSR count). The monoisotopic (exact) mass is 384 g/mol. The van der Waals surface area contributed by atoms with Crippen LogP contribution in [-0.2, 0) is 13.0 Å². The molecule has 0 atom stereocenters. The van der Waals surface area contributed by atoms with Gasteiger partial charge in [0, 0.05) is 44.0 Å². The van der Waals surface area contributed by atoms with Crippen LogP contribution in [0, 0.1) is 12.8 Å². The Morgan fingerprint density at radius 3 is 2.61 bits per heavy atom. The molecule has 0 saturated carbocycles. The van der Waals surface area contributed by atoms with E-state index in [1.807, 2.05) is 13.0 Å². The third kappa shape index (κ3) is 3.99. The first-order chi connectivity index (χ1) is 13.5. The van der Waals surface area contributed by atoms with Crippen molar-refractivity contribution >= 4 is 5.95 Å². The maximum atomic E-state index is 12.5. The summed E-state index contributed by atoms with van der Waals surface area (Å²) >= 11 is 0. The van der Waals surface area contributed by atoms with E-state index in [2.05, 4.69) is 45.7 Å². The molecule has 0 bridgehead atoms. The number of piperazine rings is 1. The van der Waals surface area contributed by atoms with Crippen LogP contribution in [0.4, 0.5) is 5.95 Å². The van der Waals surface area contributed by atoms with Gasteiger partial charge in [-0.1, -0.05) is 19.9 Å². The summed E-state index contributed by atoms with van der Waals surface area (Å²) in [5.41, 5.74) is 2.87. The van der Waals surface area contributed by atoms with Crippen LogP contribution in [0.15, 0.2) is 23.0 Å². The molecule has 1 aromatic heterocycles. The smallest absolute Gasteiger partial charge is 0.255 e. The van der Waals surface area contributed by atoms with Crippen molar-refractivity contribution < 1.29 is 9.47 Å². The summed E-state index contributed by atoms with van der Waals surface area (Å²) in [4.78, 5) is 24.7. The Morgan fingerprint density at radius 2 is 1.89 bits per heavy atom. The van der Waals surface area contributed by atoms with Gasteiger partial charge in [0.2, 0.25) is 12.7 Å². The fourth-order valence-electron chi connectivity index (χ4n) is 3.81. The number of aromatic amines is 1. The van der Waals surface area contributed by atoms with E-state index in [-0.39, 0.29) is 5.56 Å². The van der Waals surface area contributed by atoms with Gasteiger partial charge >= 0.3 is 0 Å². The maximum absolute atomic E-state index is 12.5. The van der Waals surface area contributed by atoms with Gasteiger partial charge in [0.15, 0.2) is 11.5 Å². The van der Waals surface area contributed by atoms with E-state index in [0.717, 1.165) is 61.9 Å². The van der Waals surface area contributed by atoms with Gasteiger partial charge < -0.3 is 14.4 Å². The summed E-state index contributed by atoms with van der Waals surface area (Å²) in [5.74, 6) is 2.78. The van der Waals surface area contributed by atoms with Crippen LogP contribution in [0.5, 0.6) is 11.5 Å². The van der Waals surface area contributed by atoms with E-state index < -0.39 is 0 Å². The van der Waals surface area contributed by atoms with Gasteiger partial charge in [0.1, 0.15) is 0 Å². The van der Waals surface area contributed by atoms with E-state index in [9.17, 15) is 4.79 Å². The number of aromatic nitrogens is 2. The quantitative estimate of drug-likeness (QED) is 0.853. The topological polar surface area (TPSA) is 70.7 Å². The first-order valence-electron chi connectivity index (χ1n) is 9.95. The number of fused-ring (bicyclic) bond motifs is 1. The molecule has 150 valence electrons. The zero-order valence-electron chi connectivity index (χ0n) is 16.8. The zero-order valence-corrected chi connectivity index (χ0v) is 16.8. The summed E-state index contributed by atoms with van der Waals surface area (Å²) in [6.45, 7) is 10.9. The molecular weight excluding hydrogens is 356 g/mol. The highest BCUT2D eigenvalue weighted by molar-refractivity contribution is 5.44. The largest absolute Gasteiger partial charge is 0.454 e. The number of nitrogens with zero attached hydrogens (tertiary/aromatic N) is 3. The van der Waals surface area contributed by atoms with Gasteiger partial charge in [0.05, 0.1) is 0 Å². The summed E-state index contributed by atoms with van der Waals surface area (Å²) in [5, 5.41) is 0. The Kier molecular flexibility index (Phi) is 5.26. The van der Waals surface area contributed by atoms with Crippen molar-refractivity contribution in [3.63, 3.8) is 0 Å². The Hall–Kier alpha value is -2.54. The van der Waals surface area contributed by atoms with Gasteiger partial charge in [-0.15, -0.1) is 0 Å². The van der Waals surface area contributed by atoms with Crippen LogP contribution in [0.1, 0.15) is 30.7 Å². The Bertz CT molecular complexity index is 901. The number of rotatable bonds is 5. The van der Waals surface area contributed by atoms with Crippen molar-refractivity contribution in [2.24, 2.45) is 5.92 Å². The lowest BCUT2D eigenvalue weighted by Gasteiger charge is -2.35. The molecule has 0 radical (unpaired) electrons. The second kappa shape index (κ2) is 7.83. The number of H-pyrrole nitrogens is 1. The molecular formula is C21H28N4O3. The normalized spacial score (nSPS) is 16.8. The number of hydrogen-bond donors (Lipinski definition) is 1. The fourth-order valence-corrected chi connectivity index (χ4v) is 3.81. The van der Waals surface area contributed by atoms with E-state index in [4.69, 9.17) is 9.47 Å². The molecule has 1 N–H and O–H groups in total. The summed E-state index contributed by atoms with van der Waals surface area (Å²) in [6, 6.07) is 6.13. The molecule has 0 aliphatic carbocycles. The third-order valence-electron chi connectivity index (χ3n) is 5.34. The van der Waals surface area contributed by atoms with Crippen molar-refractivity contribution in [3.05, 3.63) is 45.4 Å². The molecule has 28 heavy (non-hydrogen) atoms. The minimum Gasteiger partial charge on any atom is -0.454 e. The predicted molar refractivity (Wildman–Crippen MR) is 108 cm³/mol. The molecule has 7 heteroatoms. The molecule has 0 spiro atoms. The third-order valence-corrected chi connectivity index (χ3v) is 5.34. The van der Waals surface area contributed by atoms with Crippen molar-refractivity contribution in [2.45, 2.75) is 33.7 Å². The molecule has 2 aromatic rings. The van der Waals surface area contributed by atoms with E-state index in [1.54, 1.807) is 0 Å². The Morgan fingerprint density at radius 1 is 1.14 bits per heavy atom. The highest BCUT2D eigenvalue weighted by Gasteiger charge is 2.21. The average Bonchev–Trinajstić information content (AvgIpc) is 3.13. The van der Waals surface area contributed by atoms with Gasteiger partial charge in [0.25, 0.3) is 5.56 Å². The number of benzene rings is 1. The lowest BCUT2D eigenvalue weighted by molar-refractivity contribution is 0.174. The molecule has 1 saturated heterocycles. The van der Waals surface area contributed by atoms with Crippen molar-refractivity contribution in [1.82, 2.24) is 14.9 Å². The molecule has 2 aliphatic heterocycles. The van der Waals surface area contributed by atoms with Crippen LogP contribution in [-0.4, -0.2) is 47.8 Å². The molecule has 1 fully saturated rings. The van der Waals surface area contributed by atoms with E-state index >= 15 is 0 Å². The fraction of sp³-hybridized carbons (Fsp3) is 0.524. The predicted octanol–water partition coefficient (Wildman–Crippen LogP) is 2.33. The van der Waals surface area contributed by atoms with E-state index in [1.165, 1.54) is 5.56 Å². The first-order valence-corrected chi connectivity index (χ1v) is 9.95. The summed E-state index contributed by atoms with van der Waals surface area (Å²) < 4.78 is 10.8. The SMILES string of the molecule is Cc1nc(N2CCN(Cc3ccc4c(c3)OCO4)CC2)[nH]c(=O)c1CC(C)C. The first kappa shape index (κ1) is 18.8. The van der Waals surface area contributed by atoms with Crippen molar-refractivity contribution in [1.29, 1.82) is 0 Å². The Labute approximate surface area is 165 Å². The highest BCUT2D eigenvalue weighted by Crippen LogP contribution is 2.32. The van der Waals surface area contributed by atoms with Crippen LogP contribution in [0.2, 0.25) is 0 Å². The molecule has 0 amide bonds. The molecule has 1 aromatic carbocycles. The molecule has 7 nitrogen and oxygen atoms in total. The van der Waals surface area contributed by atoms with E-state index in [0.29, 0.717) is 18.7 Å². The number of anilines is 1. The van der Waals surface area contributed by atoms with Crippen LogP contribution < -0.4 is 19.9 Å². The lowest BCUT2D eigenvalue weighted by atomic mass is 10.0. The van der Waals surface area contributed by atoms with Gasteiger partial charge in [-0.05, 0) is 37.0 Å². The van der Waals surface area contributed by atoms with Crippen molar-refractivity contribution in [2.75, 3.05) is 37.9 Å². The van der Waals surface area contributed by atoms with Gasteiger partial charge in [-0.25, -0.2) is 4.98 Å². The number of hydrogen-bond acceptors (Lipinski definition) is 6. The zero-order chi connectivity index (χ0) is 19.7. The highest BCUT2D eigenvalue weighted by atomic mass is 16.7. The Balaban J connectivity index is 1.38. The lowest BCUT2D eigenvalue weighted by Crippen LogP contribution is -2.47. The minimum atomic E-state index is -0.000936. The number of nitrogens with one attached hydrogen (secondary N) is 1. The average molecular weight is 384 g/mol. The van der Waals surface area contributed by atoms with Crippen LogP contribution in [0.3, 0.4) is 0 Å². The second-order valence-corrected chi connectivity index (χ2v) is 8.00. The van der Waals surface area contributed by atoms with Crippen molar-refractivity contribution in [3.8, 4) is 11.5 Å².